The van der Waals surface area contributed by atoms with Gasteiger partial charge in [0.05, 0.1) is 23.7 Å². The van der Waals surface area contributed by atoms with Crippen LogP contribution in [0.4, 0.5) is 5.69 Å². The molecule has 0 spiro atoms. The van der Waals surface area contributed by atoms with Gasteiger partial charge in [0.15, 0.2) is 5.75 Å². The zero-order valence-corrected chi connectivity index (χ0v) is 7.77. The minimum Gasteiger partial charge on any atom is -0.490 e. The van der Waals surface area contributed by atoms with Crippen molar-refractivity contribution < 1.29 is 9.66 Å². The van der Waals surface area contributed by atoms with Crippen LogP contribution in [0.15, 0.2) is 12.1 Å². The third kappa shape index (κ3) is 1.50. The van der Waals surface area contributed by atoms with E-state index in [0.29, 0.717) is 5.56 Å². The largest absolute Gasteiger partial charge is 0.490 e. The zero-order valence-electron chi connectivity index (χ0n) is 7.77. The third-order valence-corrected chi connectivity index (χ3v) is 1.92. The smallest absolute Gasteiger partial charge is 0.315 e. The molecule has 1 aromatic carbocycles. The third-order valence-electron chi connectivity index (χ3n) is 1.92. The summed E-state index contributed by atoms with van der Waals surface area (Å²) in [7, 11) is 1.35. The van der Waals surface area contributed by atoms with Crippen molar-refractivity contribution in [2.24, 2.45) is 0 Å². The standard InChI is InChI=1S/C9H8N2O3/c1-6-7(5-10)3-4-8(14-2)9(6)11(12)13/h3-4H,1-2H3. The molecule has 0 fully saturated rings. The first-order chi connectivity index (χ1) is 6.61. The molecular weight excluding hydrogens is 184 g/mol. The van der Waals surface area contributed by atoms with Crippen molar-refractivity contribution in [3.8, 4) is 11.8 Å². The Kier molecular flexibility index (Phi) is 2.67. The first-order valence-corrected chi connectivity index (χ1v) is 3.84. The summed E-state index contributed by atoms with van der Waals surface area (Å²) in [6, 6.07) is 4.80. The molecule has 0 bridgehead atoms. The molecule has 5 heteroatoms. The first kappa shape index (κ1) is 9.99. The van der Waals surface area contributed by atoms with E-state index in [0.717, 1.165) is 0 Å². The van der Waals surface area contributed by atoms with E-state index in [9.17, 15) is 10.1 Å². The molecule has 1 aromatic rings. The lowest BCUT2D eigenvalue weighted by atomic mass is 10.1. The summed E-state index contributed by atoms with van der Waals surface area (Å²) in [5.41, 5.74) is 0.473. The molecule has 0 amide bonds. The summed E-state index contributed by atoms with van der Waals surface area (Å²) in [5, 5.41) is 19.4. The van der Waals surface area contributed by atoms with Gasteiger partial charge in [-0.25, -0.2) is 0 Å². The molecule has 0 aliphatic carbocycles. The molecule has 14 heavy (non-hydrogen) atoms. The first-order valence-electron chi connectivity index (χ1n) is 3.84. The Hall–Kier alpha value is -2.09. The van der Waals surface area contributed by atoms with E-state index >= 15 is 0 Å². The van der Waals surface area contributed by atoms with Crippen molar-refractivity contribution in [3.63, 3.8) is 0 Å². The Bertz CT molecular complexity index is 421. The number of methoxy groups -OCH3 is 1. The highest BCUT2D eigenvalue weighted by Gasteiger charge is 2.20. The second kappa shape index (κ2) is 3.75. The predicted octanol–water partition coefficient (Wildman–Crippen LogP) is 1.78. The summed E-state index contributed by atoms with van der Waals surface area (Å²) in [6.45, 7) is 1.53. The van der Waals surface area contributed by atoms with Gasteiger partial charge in [-0.3, -0.25) is 10.1 Å². The van der Waals surface area contributed by atoms with E-state index in [4.69, 9.17) is 10.00 Å². The van der Waals surface area contributed by atoms with Crippen molar-refractivity contribution in [2.45, 2.75) is 6.92 Å². The van der Waals surface area contributed by atoms with Crippen molar-refractivity contribution in [1.82, 2.24) is 0 Å². The van der Waals surface area contributed by atoms with E-state index in [1.807, 2.05) is 6.07 Å². The fourth-order valence-corrected chi connectivity index (χ4v) is 1.19. The van der Waals surface area contributed by atoms with Gasteiger partial charge in [-0.15, -0.1) is 0 Å². The van der Waals surface area contributed by atoms with E-state index in [-0.39, 0.29) is 17.0 Å². The van der Waals surface area contributed by atoms with Gasteiger partial charge < -0.3 is 4.74 Å². The number of hydrogen-bond acceptors (Lipinski definition) is 4. The van der Waals surface area contributed by atoms with Gasteiger partial charge in [-0.2, -0.15) is 5.26 Å². The van der Waals surface area contributed by atoms with E-state index in [2.05, 4.69) is 0 Å². The molecule has 0 aliphatic rings. The van der Waals surface area contributed by atoms with Crippen LogP contribution in [0.5, 0.6) is 5.75 Å². The highest BCUT2D eigenvalue weighted by molar-refractivity contribution is 5.58. The molecular formula is C9H8N2O3. The monoisotopic (exact) mass is 192 g/mol. The number of hydrogen-bond donors (Lipinski definition) is 0. The number of nitriles is 1. The molecule has 0 unspecified atom stereocenters. The van der Waals surface area contributed by atoms with E-state index < -0.39 is 4.92 Å². The lowest BCUT2D eigenvalue weighted by Gasteiger charge is -2.04. The van der Waals surface area contributed by atoms with Gasteiger partial charge in [0, 0.05) is 5.56 Å². The molecule has 0 radical (unpaired) electrons. The summed E-state index contributed by atoms with van der Waals surface area (Å²) in [6.07, 6.45) is 0. The summed E-state index contributed by atoms with van der Waals surface area (Å²) < 4.78 is 4.84. The molecule has 0 N–H and O–H groups in total. The highest BCUT2D eigenvalue weighted by Crippen LogP contribution is 2.31. The summed E-state index contributed by atoms with van der Waals surface area (Å²) in [5.74, 6) is 0.173. The predicted molar refractivity (Wildman–Crippen MR) is 49.1 cm³/mol. The van der Waals surface area contributed by atoms with Crippen LogP contribution in [0.1, 0.15) is 11.1 Å². The average Bonchev–Trinajstić information content (AvgIpc) is 2.16. The Morgan fingerprint density at radius 3 is 2.64 bits per heavy atom. The molecule has 5 nitrogen and oxygen atoms in total. The maximum absolute atomic E-state index is 10.7. The Labute approximate surface area is 80.7 Å². The number of nitro benzene ring substituents is 1. The van der Waals surface area contributed by atoms with Crippen LogP contribution < -0.4 is 4.74 Å². The topological polar surface area (TPSA) is 76.2 Å². The lowest BCUT2D eigenvalue weighted by molar-refractivity contribution is -0.386. The van der Waals surface area contributed by atoms with Gasteiger partial charge in [0.2, 0.25) is 0 Å². The fourth-order valence-electron chi connectivity index (χ4n) is 1.19. The summed E-state index contributed by atoms with van der Waals surface area (Å²) >= 11 is 0. The Morgan fingerprint density at radius 2 is 2.21 bits per heavy atom. The number of benzene rings is 1. The minimum atomic E-state index is -0.547. The van der Waals surface area contributed by atoms with Crippen molar-refractivity contribution >= 4 is 5.69 Å². The number of nitro groups is 1. The lowest BCUT2D eigenvalue weighted by Crippen LogP contribution is -1.98. The average molecular weight is 192 g/mol. The fraction of sp³-hybridized carbons (Fsp3) is 0.222. The molecule has 72 valence electrons. The van der Waals surface area contributed by atoms with Gasteiger partial charge in [-0.05, 0) is 19.1 Å². The SMILES string of the molecule is COc1ccc(C#N)c(C)c1[N+](=O)[O-]. The molecule has 0 saturated heterocycles. The van der Waals surface area contributed by atoms with Crippen LogP contribution in [0, 0.1) is 28.4 Å². The van der Waals surface area contributed by atoms with Crippen LogP contribution in [-0.2, 0) is 0 Å². The maximum Gasteiger partial charge on any atom is 0.315 e. The normalized spacial score (nSPS) is 9.21. The number of ether oxygens (including phenoxy) is 1. The van der Waals surface area contributed by atoms with Crippen LogP contribution in [0.3, 0.4) is 0 Å². The Morgan fingerprint density at radius 1 is 1.57 bits per heavy atom. The van der Waals surface area contributed by atoms with E-state index in [1.54, 1.807) is 0 Å². The second-order valence-electron chi connectivity index (χ2n) is 2.66. The van der Waals surface area contributed by atoms with Crippen LogP contribution >= 0.6 is 0 Å². The second-order valence-corrected chi connectivity index (χ2v) is 2.66. The van der Waals surface area contributed by atoms with Gasteiger partial charge in [0.1, 0.15) is 0 Å². The van der Waals surface area contributed by atoms with Gasteiger partial charge in [0.25, 0.3) is 0 Å². The zero-order chi connectivity index (χ0) is 10.7. The highest BCUT2D eigenvalue weighted by atomic mass is 16.6. The quantitative estimate of drug-likeness (QED) is 0.528. The minimum absolute atomic E-state index is 0.147. The maximum atomic E-state index is 10.7. The molecule has 0 aliphatic heterocycles. The summed E-state index contributed by atoms with van der Waals surface area (Å²) in [4.78, 5) is 10.1. The van der Waals surface area contributed by atoms with Crippen molar-refractivity contribution in [2.75, 3.05) is 7.11 Å². The van der Waals surface area contributed by atoms with Crippen LogP contribution in [0.2, 0.25) is 0 Å². The molecule has 0 heterocycles. The Balaban J connectivity index is 3.49. The van der Waals surface area contributed by atoms with E-state index in [1.165, 1.54) is 26.2 Å². The van der Waals surface area contributed by atoms with Crippen LogP contribution in [-0.4, -0.2) is 12.0 Å². The molecule has 1 rings (SSSR count). The number of rotatable bonds is 2. The van der Waals surface area contributed by atoms with Gasteiger partial charge in [-0.1, -0.05) is 0 Å². The van der Waals surface area contributed by atoms with Gasteiger partial charge >= 0.3 is 5.69 Å². The van der Waals surface area contributed by atoms with Crippen molar-refractivity contribution in [3.05, 3.63) is 33.4 Å². The number of nitrogens with zero attached hydrogens (tertiary/aromatic N) is 2. The van der Waals surface area contributed by atoms with Crippen molar-refractivity contribution in [1.29, 1.82) is 5.26 Å². The molecule has 0 atom stereocenters. The molecule has 0 saturated carbocycles. The van der Waals surface area contributed by atoms with Crippen LogP contribution in [0.25, 0.3) is 0 Å². The molecule has 0 aromatic heterocycles.